The van der Waals surface area contributed by atoms with E-state index < -0.39 is 8.25 Å². The zero-order valence-corrected chi connectivity index (χ0v) is 9.38. The van der Waals surface area contributed by atoms with E-state index in [9.17, 15) is 0 Å². The number of hydrogen-bond acceptors (Lipinski definition) is 2. The quantitative estimate of drug-likeness (QED) is 0.770. The van der Waals surface area contributed by atoms with Crippen LogP contribution in [0.1, 0.15) is 0 Å². The molecule has 4 heteroatoms. The van der Waals surface area contributed by atoms with E-state index in [2.05, 4.69) is 48.5 Å². The summed E-state index contributed by atoms with van der Waals surface area (Å²) in [5.74, 6) is 0. The lowest BCUT2D eigenvalue weighted by atomic mass is 10.1. The molecule has 0 fully saturated rings. The van der Waals surface area contributed by atoms with Gasteiger partial charge in [-0.05, 0) is 15.7 Å². The first-order valence-corrected chi connectivity index (χ1v) is 5.77. The minimum Gasteiger partial charge on any atom is -0.567 e. The van der Waals surface area contributed by atoms with Crippen molar-refractivity contribution >= 4 is 8.25 Å². The van der Waals surface area contributed by atoms with E-state index in [4.69, 9.17) is 14.4 Å². The molecule has 2 aromatic rings. The Morgan fingerprint density at radius 3 is 1.31 bits per heavy atom. The molecule has 0 aromatic heterocycles. The SMILES string of the molecule is O=[P+]([O-])O.c1ccc(-c2ccccc2)cc1. The summed E-state index contributed by atoms with van der Waals surface area (Å²) in [7, 11) is -3.12. The standard InChI is InChI=1S/C12H10.HO3P/c1-3-7-11(8-4-1)12-9-5-2-6-10-12;1-4(2)3/h1-10H;(H,1,2,3). The summed E-state index contributed by atoms with van der Waals surface area (Å²) in [5.41, 5.74) is 2.55. The van der Waals surface area contributed by atoms with E-state index in [1.165, 1.54) is 11.1 Å². The Labute approximate surface area is 95.0 Å². The second kappa shape index (κ2) is 6.85. The normalized spacial score (nSPS) is 10.0. The molecule has 82 valence electrons. The van der Waals surface area contributed by atoms with Crippen molar-refractivity contribution in [1.29, 1.82) is 0 Å². The second-order valence-corrected chi connectivity index (χ2v) is 3.45. The van der Waals surface area contributed by atoms with Crippen LogP contribution >= 0.6 is 8.25 Å². The summed E-state index contributed by atoms with van der Waals surface area (Å²) in [6.45, 7) is 0. The van der Waals surface area contributed by atoms with Gasteiger partial charge in [0.25, 0.3) is 0 Å². The lowest BCUT2D eigenvalue weighted by Gasteiger charge is -1.98. The van der Waals surface area contributed by atoms with Crippen molar-refractivity contribution in [1.82, 2.24) is 0 Å². The molecule has 0 heterocycles. The van der Waals surface area contributed by atoms with Crippen LogP contribution in [0.5, 0.6) is 0 Å². The molecule has 0 aliphatic heterocycles. The van der Waals surface area contributed by atoms with E-state index in [-0.39, 0.29) is 0 Å². The zero-order chi connectivity index (χ0) is 11.8. The Balaban J connectivity index is 0.000000280. The molecule has 0 saturated carbocycles. The van der Waals surface area contributed by atoms with E-state index in [0.717, 1.165) is 0 Å². The van der Waals surface area contributed by atoms with E-state index in [1.54, 1.807) is 0 Å². The number of rotatable bonds is 1. The van der Waals surface area contributed by atoms with E-state index in [1.807, 2.05) is 12.1 Å². The third kappa shape index (κ3) is 4.80. The van der Waals surface area contributed by atoms with Crippen LogP contribution < -0.4 is 4.89 Å². The van der Waals surface area contributed by atoms with Crippen molar-refractivity contribution in [3.8, 4) is 11.1 Å². The van der Waals surface area contributed by atoms with Crippen LogP contribution in [0.3, 0.4) is 0 Å². The molecule has 1 unspecified atom stereocenters. The maximum atomic E-state index is 8.59. The van der Waals surface area contributed by atoms with Crippen molar-refractivity contribution in [2.24, 2.45) is 0 Å². The average molecular weight is 234 g/mol. The molecule has 3 nitrogen and oxygen atoms in total. The van der Waals surface area contributed by atoms with Crippen LogP contribution in [-0.4, -0.2) is 4.89 Å². The molecule has 0 spiro atoms. The molecule has 2 rings (SSSR count). The van der Waals surface area contributed by atoms with Crippen molar-refractivity contribution in [3.63, 3.8) is 0 Å². The van der Waals surface area contributed by atoms with Gasteiger partial charge in [-0.1, -0.05) is 60.7 Å². The van der Waals surface area contributed by atoms with Gasteiger partial charge in [0.15, 0.2) is 0 Å². The first-order chi connectivity index (χ1) is 7.70. The van der Waals surface area contributed by atoms with Gasteiger partial charge in [0, 0.05) is 0 Å². The number of hydrogen-bond donors (Lipinski definition) is 1. The van der Waals surface area contributed by atoms with Crippen LogP contribution in [0.15, 0.2) is 60.7 Å². The minimum absolute atomic E-state index is 1.28. The van der Waals surface area contributed by atoms with Crippen LogP contribution in [0.25, 0.3) is 11.1 Å². The Morgan fingerprint density at radius 1 is 0.812 bits per heavy atom. The highest BCUT2D eigenvalue weighted by molar-refractivity contribution is 7.29. The van der Waals surface area contributed by atoms with Gasteiger partial charge in [0.1, 0.15) is 0 Å². The Morgan fingerprint density at radius 2 is 1.06 bits per heavy atom. The first-order valence-electron chi connectivity index (χ1n) is 4.64. The van der Waals surface area contributed by atoms with Crippen molar-refractivity contribution in [3.05, 3.63) is 60.7 Å². The molecule has 0 amide bonds. The molecule has 0 aliphatic rings. The molecule has 0 bridgehead atoms. The highest BCUT2D eigenvalue weighted by Gasteiger charge is 1.91. The van der Waals surface area contributed by atoms with Crippen LogP contribution in [-0.2, 0) is 4.57 Å². The predicted molar refractivity (Wildman–Crippen MR) is 61.7 cm³/mol. The minimum atomic E-state index is -3.12. The maximum Gasteiger partial charge on any atom is 0.485 e. The molecule has 0 aliphatic carbocycles. The smallest absolute Gasteiger partial charge is 0.485 e. The van der Waals surface area contributed by atoms with E-state index >= 15 is 0 Å². The van der Waals surface area contributed by atoms with Gasteiger partial charge in [-0.25, -0.2) is 0 Å². The van der Waals surface area contributed by atoms with Gasteiger partial charge in [-0.3, -0.25) is 0 Å². The van der Waals surface area contributed by atoms with Gasteiger partial charge in [-0.15, -0.1) is 0 Å². The fourth-order valence-electron chi connectivity index (χ4n) is 1.26. The lowest BCUT2D eigenvalue weighted by molar-refractivity contribution is -0.180. The average Bonchev–Trinajstić information content (AvgIpc) is 2.31. The summed E-state index contributed by atoms with van der Waals surface area (Å²) < 4.78 is 8.59. The van der Waals surface area contributed by atoms with Gasteiger partial charge in [0.2, 0.25) is 0 Å². The van der Waals surface area contributed by atoms with Crippen molar-refractivity contribution < 1.29 is 14.4 Å². The Bertz CT molecular complexity index is 387. The maximum absolute atomic E-state index is 8.59. The van der Waals surface area contributed by atoms with Crippen molar-refractivity contribution in [2.75, 3.05) is 0 Å². The molecule has 0 saturated heterocycles. The zero-order valence-electron chi connectivity index (χ0n) is 8.48. The van der Waals surface area contributed by atoms with Gasteiger partial charge >= 0.3 is 8.25 Å². The summed E-state index contributed by atoms with van der Waals surface area (Å²) >= 11 is 0. The summed E-state index contributed by atoms with van der Waals surface area (Å²) in [6.07, 6.45) is 0. The van der Waals surface area contributed by atoms with Gasteiger partial charge < -0.3 is 4.89 Å². The predicted octanol–water partition coefficient (Wildman–Crippen LogP) is 2.35. The molecular weight excluding hydrogens is 223 g/mol. The first kappa shape index (κ1) is 12.5. The van der Waals surface area contributed by atoms with Crippen molar-refractivity contribution in [2.45, 2.75) is 0 Å². The van der Waals surface area contributed by atoms with Gasteiger partial charge in [-0.2, -0.15) is 4.89 Å². The summed E-state index contributed by atoms with van der Waals surface area (Å²) in [6, 6.07) is 20.8. The highest BCUT2D eigenvalue weighted by atomic mass is 31.1. The monoisotopic (exact) mass is 234 g/mol. The second-order valence-electron chi connectivity index (χ2n) is 2.97. The Kier molecular flexibility index (Phi) is 5.37. The van der Waals surface area contributed by atoms with Crippen LogP contribution in [0, 0.1) is 0 Å². The third-order valence-corrected chi connectivity index (χ3v) is 1.88. The number of benzene rings is 2. The lowest BCUT2D eigenvalue weighted by Crippen LogP contribution is -1.78. The molecule has 1 N–H and O–H groups in total. The summed E-state index contributed by atoms with van der Waals surface area (Å²) in [5, 5.41) is 0. The Hall–Kier alpha value is -1.54. The largest absolute Gasteiger partial charge is 0.567 e. The van der Waals surface area contributed by atoms with Crippen LogP contribution in [0.4, 0.5) is 0 Å². The fourth-order valence-corrected chi connectivity index (χ4v) is 1.26. The molecule has 0 radical (unpaired) electrons. The third-order valence-electron chi connectivity index (χ3n) is 1.88. The molecule has 16 heavy (non-hydrogen) atoms. The van der Waals surface area contributed by atoms with E-state index in [0.29, 0.717) is 0 Å². The van der Waals surface area contributed by atoms with Crippen LogP contribution in [0.2, 0.25) is 0 Å². The molecule has 2 aromatic carbocycles. The highest BCUT2D eigenvalue weighted by Crippen LogP contribution is 2.17. The molecular formula is C12H11O3P. The topological polar surface area (TPSA) is 60.4 Å². The van der Waals surface area contributed by atoms with Gasteiger partial charge in [0.05, 0.1) is 0 Å². The fraction of sp³-hybridized carbons (Fsp3) is 0. The summed E-state index contributed by atoms with van der Waals surface area (Å²) in [4.78, 5) is 15.6. The molecule has 1 atom stereocenters.